The molecule has 3 rings (SSSR count). The number of benzene rings is 1. The zero-order chi connectivity index (χ0) is 18.5. The van der Waals surface area contributed by atoms with Crippen LogP contribution in [0.15, 0.2) is 53.2 Å². The van der Waals surface area contributed by atoms with Gasteiger partial charge in [-0.1, -0.05) is 26.0 Å². The van der Waals surface area contributed by atoms with Gasteiger partial charge in [0.05, 0.1) is 6.20 Å². The lowest BCUT2D eigenvalue weighted by molar-refractivity contribution is 0.0919. The van der Waals surface area contributed by atoms with Crippen LogP contribution >= 0.6 is 0 Å². The zero-order valence-corrected chi connectivity index (χ0v) is 15.2. The van der Waals surface area contributed by atoms with Crippen molar-refractivity contribution in [2.45, 2.75) is 32.9 Å². The van der Waals surface area contributed by atoms with Gasteiger partial charge in [0.25, 0.3) is 5.91 Å². The Morgan fingerprint density at radius 2 is 2.00 bits per heavy atom. The third-order valence-corrected chi connectivity index (χ3v) is 4.02. The highest BCUT2D eigenvalue weighted by Gasteiger charge is 2.12. The van der Waals surface area contributed by atoms with Crippen LogP contribution in [0.2, 0.25) is 0 Å². The molecule has 2 aromatic heterocycles. The van der Waals surface area contributed by atoms with E-state index in [0.29, 0.717) is 18.2 Å². The quantitative estimate of drug-likeness (QED) is 0.704. The number of hydrogen-bond donors (Lipinski definition) is 1. The van der Waals surface area contributed by atoms with Gasteiger partial charge in [-0.2, -0.15) is 5.10 Å². The van der Waals surface area contributed by atoms with Gasteiger partial charge in [-0.3, -0.25) is 9.48 Å². The molecule has 0 aliphatic carbocycles. The van der Waals surface area contributed by atoms with Crippen molar-refractivity contribution >= 4 is 5.91 Å². The molecule has 2 heterocycles. The molecule has 0 spiro atoms. The minimum Gasteiger partial charge on any atom is -0.486 e. The molecule has 136 valence electrons. The average molecular weight is 353 g/mol. The second kappa shape index (κ2) is 7.91. The van der Waals surface area contributed by atoms with Gasteiger partial charge in [0.2, 0.25) is 0 Å². The summed E-state index contributed by atoms with van der Waals surface area (Å²) in [6.45, 7) is 4.98. The maximum absolute atomic E-state index is 12.1. The highest BCUT2D eigenvalue weighted by atomic mass is 16.5. The van der Waals surface area contributed by atoms with Crippen molar-refractivity contribution in [3.63, 3.8) is 0 Å². The number of amides is 1. The first-order valence-electron chi connectivity index (χ1n) is 8.58. The van der Waals surface area contributed by atoms with E-state index >= 15 is 0 Å². The molecule has 1 N–H and O–H groups in total. The van der Waals surface area contributed by atoms with Crippen LogP contribution in [-0.2, 0) is 20.2 Å². The second-order valence-corrected chi connectivity index (χ2v) is 6.48. The van der Waals surface area contributed by atoms with E-state index in [-0.39, 0.29) is 18.3 Å². The number of rotatable bonds is 7. The lowest BCUT2D eigenvalue weighted by Crippen LogP contribution is -2.22. The highest BCUT2D eigenvalue weighted by Crippen LogP contribution is 2.20. The van der Waals surface area contributed by atoms with Crippen LogP contribution in [-0.4, -0.2) is 15.7 Å². The van der Waals surface area contributed by atoms with Crippen LogP contribution in [0.5, 0.6) is 5.75 Å². The molecule has 0 aliphatic rings. The summed E-state index contributed by atoms with van der Waals surface area (Å²) in [7, 11) is 1.83. The summed E-state index contributed by atoms with van der Waals surface area (Å²) < 4.78 is 13.0. The molecule has 0 aliphatic heterocycles. The molecule has 0 radical (unpaired) electrons. The number of nitrogens with zero attached hydrogens (tertiary/aromatic N) is 2. The number of nitrogens with one attached hydrogen (secondary N) is 1. The van der Waals surface area contributed by atoms with Crippen molar-refractivity contribution in [1.29, 1.82) is 0 Å². The van der Waals surface area contributed by atoms with E-state index in [1.807, 2.05) is 25.4 Å². The summed E-state index contributed by atoms with van der Waals surface area (Å²) in [4.78, 5) is 12.1. The van der Waals surface area contributed by atoms with Crippen molar-refractivity contribution in [3.8, 4) is 5.75 Å². The summed E-state index contributed by atoms with van der Waals surface area (Å²) >= 11 is 0. The van der Waals surface area contributed by atoms with Crippen molar-refractivity contribution in [3.05, 3.63) is 71.4 Å². The van der Waals surface area contributed by atoms with Crippen LogP contribution in [0.3, 0.4) is 0 Å². The molecular weight excluding hydrogens is 330 g/mol. The smallest absolute Gasteiger partial charge is 0.287 e. The van der Waals surface area contributed by atoms with E-state index in [4.69, 9.17) is 9.15 Å². The lowest BCUT2D eigenvalue weighted by Gasteiger charge is -2.08. The fourth-order valence-electron chi connectivity index (χ4n) is 2.51. The largest absolute Gasteiger partial charge is 0.486 e. The first-order valence-corrected chi connectivity index (χ1v) is 8.58. The molecule has 6 nitrogen and oxygen atoms in total. The summed E-state index contributed by atoms with van der Waals surface area (Å²) in [6.07, 6.45) is 3.57. The summed E-state index contributed by atoms with van der Waals surface area (Å²) in [6, 6.07) is 11.4. The maximum atomic E-state index is 12.1. The van der Waals surface area contributed by atoms with E-state index in [0.717, 1.165) is 11.3 Å². The van der Waals surface area contributed by atoms with Gasteiger partial charge in [0, 0.05) is 25.4 Å². The fraction of sp³-hybridized carbons (Fsp3) is 0.300. The number of furan rings is 1. The molecule has 0 atom stereocenters. The average Bonchev–Trinajstić information content (AvgIpc) is 3.27. The Kier molecular flexibility index (Phi) is 5.41. The number of carbonyl (C=O) groups excluding carboxylic acids is 1. The Bertz CT molecular complexity index is 863. The molecule has 0 fully saturated rings. The standard InChI is InChI=1S/C20H23N3O3/c1-14(2)16-4-6-17(7-5-16)25-13-18-8-9-19(26-18)20(24)21-10-15-11-22-23(3)12-15/h4-9,11-12,14H,10,13H2,1-3H3,(H,21,24). The highest BCUT2D eigenvalue weighted by molar-refractivity contribution is 5.91. The van der Waals surface area contributed by atoms with Gasteiger partial charge in [0.15, 0.2) is 5.76 Å². The van der Waals surface area contributed by atoms with Crippen LogP contribution in [0.1, 0.15) is 47.2 Å². The van der Waals surface area contributed by atoms with Gasteiger partial charge in [-0.05, 0) is 35.7 Å². The first kappa shape index (κ1) is 17.8. The topological polar surface area (TPSA) is 69.3 Å². The van der Waals surface area contributed by atoms with Crippen molar-refractivity contribution < 1.29 is 13.9 Å². The number of aromatic nitrogens is 2. The van der Waals surface area contributed by atoms with E-state index in [1.54, 1.807) is 23.0 Å². The van der Waals surface area contributed by atoms with Gasteiger partial charge in [-0.25, -0.2) is 0 Å². The minimum atomic E-state index is -0.263. The number of ether oxygens (including phenoxy) is 1. The van der Waals surface area contributed by atoms with Crippen molar-refractivity contribution in [1.82, 2.24) is 15.1 Å². The number of aryl methyl sites for hydroxylation is 1. The Morgan fingerprint density at radius 1 is 1.23 bits per heavy atom. The predicted molar refractivity (Wildman–Crippen MR) is 97.9 cm³/mol. The third kappa shape index (κ3) is 4.53. The Morgan fingerprint density at radius 3 is 2.65 bits per heavy atom. The van der Waals surface area contributed by atoms with Gasteiger partial charge in [0.1, 0.15) is 18.1 Å². The Balaban J connectivity index is 1.51. The van der Waals surface area contributed by atoms with E-state index in [1.165, 1.54) is 5.56 Å². The van der Waals surface area contributed by atoms with Gasteiger partial charge >= 0.3 is 0 Å². The molecule has 0 unspecified atom stereocenters. The molecule has 0 saturated heterocycles. The monoisotopic (exact) mass is 353 g/mol. The van der Waals surface area contributed by atoms with E-state index < -0.39 is 0 Å². The van der Waals surface area contributed by atoms with Gasteiger partial charge in [-0.15, -0.1) is 0 Å². The second-order valence-electron chi connectivity index (χ2n) is 6.48. The first-order chi connectivity index (χ1) is 12.5. The van der Waals surface area contributed by atoms with Crippen LogP contribution in [0, 0.1) is 0 Å². The minimum absolute atomic E-state index is 0.263. The predicted octanol–water partition coefficient (Wildman–Crippen LogP) is 3.65. The third-order valence-electron chi connectivity index (χ3n) is 4.02. The molecule has 26 heavy (non-hydrogen) atoms. The summed E-state index contributed by atoms with van der Waals surface area (Å²) in [5.74, 6) is 1.86. The SMILES string of the molecule is CC(C)c1ccc(OCc2ccc(C(=O)NCc3cnn(C)c3)o2)cc1. The molecule has 6 heteroatoms. The van der Waals surface area contributed by atoms with Crippen molar-refractivity contribution in [2.24, 2.45) is 7.05 Å². The number of carbonyl (C=O) groups is 1. The van der Waals surface area contributed by atoms with Crippen molar-refractivity contribution in [2.75, 3.05) is 0 Å². The van der Waals surface area contributed by atoms with Crippen LogP contribution < -0.4 is 10.1 Å². The van der Waals surface area contributed by atoms with Gasteiger partial charge < -0.3 is 14.5 Å². The molecule has 0 bridgehead atoms. The molecular formula is C20H23N3O3. The molecule has 1 amide bonds. The Labute approximate surface area is 152 Å². The zero-order valence-electron chi connectivity index (χ0n) is 15.2. The summed E-state index contributed by atoms with van der Waals surface area (Å²) in [5, 5.41) is 6.87. The molecule has 3 aromatic rings. The normalized spacial score (nSPS) is 10.9. The summed E-state index contributed by atoms with van der Waals surface area (Å²) in [5.41, 5.74) is 2.20. The lowest BCUT2D eigenvalue weighted by atomic mass is 10.0. The van der Waals surface area contributed by atoms with Crippen LogP contribution in [0.25, 0.3) is 0 Å². The molecule has 0 saturated carbocycles. The van der Waals surface area contributed by atoms with E-state index in [9.17, 15) is 4.79 Å². The fourth-order valence-corrected chi connectivity index (χ4v) is 2.51. The Hall–Kier alpha value is -3.02. The van der Waals surface area contributed by atoms with E-state index in [2.05, 4.69) is 36.4 Å². The number of hydrogen-bond acceptors (Lipinski definition) is 4. The maximum Gasteiger partial charge on any atom is 0.287 e. The molecule has 1 aromatic carbocycles. The van der Waals surface area contributed by atoms with Crippen LogP contribution in [0.4, 0.5) is 0 Å².